The number of hydrogen-bond donors (Lipinski definition) is 2. The van der Waals surface area contributed by atoms with Crippen LogP contribution in [-0.2, 0) is 10.0 Å². The van der Waals surface area contributed by atoms with Gasteiger partial charge in [0.15, 0.2) is 0 Å². The number of sulfonamides is 1. The van der Waals surface area contributed by atoms with Crippen LogP contribution in [0, 0.1) is 6.92 Å². The van der Waals surface area contributed by atoms with Crippen LogP contribution in [0.25, 0.3) is 0 Å². The summed E-state index contributed by atoms with van der Waals surface area (Å²) in [5, 5.41) is 12.1. The van der Waals surface area contributed by atoms with Gasteiger partial charge in [0.05, 0.1) is 17.0 Å². The van der Waals surface area contributed by atoms with Gasteiger partial charge >= 0.3 is 0 Å². The van der Waals surface area contributed by atoms with Crippen molar-refractivity contribution in [3.05, 3.63) is 45.1 Å². The van der Waals surface area contributed by atoms with Gasteiger partial charge < -0.3 is 9.84 Å². The summed E-state index contributed by atoms with van der Waals surface area (Å²) in [5.74, 6) is 0.398. The van der Waals surface area contributed by atoms with E-state index in [1.54, 1.807) is 0 Å². The van der Waals surface area contributed by atoms with Gasteiger partial charge in [0, 0.05) is 11.4 Å². The third-order valence-corrected chi connectivity index (χ3v) is 5.94. The fraction of sp³-hybridized carbons (Fsp3) is 0.286. The lowest BCUT2D eigenvalue weighted by Crippen LogP contribution is -2.28. The summed E-state index contributed by atoms with van der Waals surface area (Å²) in [5.41, 5.74) is 0.934. The number of benzene rings is 1. The van der Waals surface area contributed by atoms with E-state index in [1.807, 2.05) is 18.4 Å². The molecule has 0 aliphatic carbocycles. The third kappa shape index (κ3) is 3.80. The van der Waals surface area contributed by atoms with Crippen molar-refractivity contribution < 1.29 is 18.3 Å². The summed E-state index contributed by atoms with van der Waals surface area (Å²) in [6.45, 7) is 1.76. The Morgan fingerprint density at radius 1 is 1.41 bits per heavy atom. The second-order valence-corrected chi connectivity index (χ2v) is 7.75. The number of methoxy groups -OCH3 is 1. The molecule has 1 unspecified atom stereocenters. The van der Waals surface area contributed by atoms with Gasteiger partial charge in [-0.25, -0.2) is 13.1 Å². The number of rotatable bonds is 6. The molecule has 8 heteroatoms. The van der Waals surface area contributed by atoms with E-state index in [1.165, 1.54) is 36.6 Å². The highest BCUT2D eigenvalue weighted by Crippen LogP contribution is 2.27. The molecule has 0 fully saturated rings. The summed E-state index contributed by atoms with van der Waals surface area (Å²) in [7, 11) is -2.30. The molecular formula is C14H16ClNO4S2. The zero-order valence-electron chi connectivity index (χ0n) is 12.0. The van der Waals surface area contributed by atoms with Crippen molar-refractivity contribution in [3.8, 4) is 5.75 Å². The van der Waals surface area contributed by atoms with Gasteiger partial charge in [-0.3, -0.25) is 0 Å². The normalized spacial score (nSPS) is 13.1. The van der Waals surface area contributed by atoms with Crippen LogP contribution in [0.3, 0.4) is 0 Å². The molecule has 0 bridgehead atoms. The van der Waals surface area contributed by atoms with Crippen molar-refractivity contribution in [1.82, 2.24) is 4.72 Å². The molecule has 1 aromatic heterocycles. The first kappa shape index (κ1) is 17.2. The van der Waals surface area contributed by atoms with E-state index in [4.69, 9.17) is 16.3 Å². The Labute approximate surface area is 138 Å². The molecule has 1 atom stereocenters. The van der Waals surface area contributed by atoms with Crippen molar-refractivity contribution in [2.45, 2.75) is 17.9 Å². The van der Waals surface area contributed by atoms with Gasteiger partial charge in [0.1, 0.15) is 11.9 Å². The highest BCUT2D eigenvalue weighted by Gasteiger charge is 2.19. The number of nitrogens with one attached hydrogen (secondary N) is 1. The zero-order chi connectivity index (χ0) is 16.3. The Morgan fingerprint density at radius 3 is 2.68 bits per heavy atom. The molecule has 0 aliphatic heterocycles. The molecule has 0 saturated carbocycles. The lowest BCUT2D eigenvalue weighted by molar-refractivity contribution is 0.185. The maximum atomic E-state index is 12.2. The number of aliphatic hydroxyl groups is 1. The van der Waals surface area contributed by atoms with Crippen LogP contribution in [-0.4, -0.2) is 27.2 Å². The van der Waals surface area contributed by atoms with Crippen LogP contribution < -0.4 is 9.46 Å². The van der Waals surface area contributed by atoms with E-state index in [0.717, 1.165) is 10.4 Å². The molecule has 0 spiro atoms. The Hall–Kier alpha value is -1.12. The summed E-state index contributed by atoms with van der Waals surface area (Å²) in [6, 6.07) is 6.07. The topological polar surface area (TPSA) is 75.6 Å². The smallest absolute Gasteiger partial charge is 0.240 e. The molecular weight excluding hydrogens is 346 g/mol. The third-order valence-electron chi connectivity index (χ3n) is 3.10. The van der Waals surface area contributed by atoms with Crippen molar-refractivity contribution in [3.63, 3.8) is 0 Å². The van der Waals surface area contributed by atoms with Crippen LogP contribution in [0.5, 0.6) is 5.75 Å². The van der Waals surface area contributed by atoms with Crippen LogP contribution in [0.4, 0.5) is 0 Å². The van der Waals surface area contributed by atoms with Crippen LogP contribution in [0.2, 0.25) is 5.02 Å². The monoisotopic (exact) mass is 361 g/mol. The fourth-order valence-electron chi connectivity index (χ4n) is 1.90. The van der Waals surface area contributed by atoms with E-state index in [2.05, 4.69) is 4.72 Å². The van der Waals surface area contributed by atoms with Gasteiger partial charge in [0.2, 0.25) is 10.0 Å². The predicted octanol–water partition coefficient (Wildman–Crippen LogP) is 2.73. The SMILES string of the molecule is COc1ccc(S(=O)(=O)NCC(O)c2sccc2C)cc1Cl. The maximum Gasteiger partial charge on any atom is 0.240 e. The molecule has 0 radical (unpaired) electrons. The molecule has 120 valence electrons. The number of hydrogen-bond acceptors (Lipinski definition) is 5. The minimum Gasteiger partial charge on any atom is -0.495 e. The summed E-state index contributed by atoms with van der Waals surface area (Å²) in [6.07, 6.45) is -0.886. The summed E-state index contributed by atoms with van der Waals surface area (Å²) < 4.78 is 31.8. The fourth-order valence-corrected chi connectivity index (χ4v) is 4.20. The molecule has 0 aliphatic rings. The van der Waals surface area contributed by atoms with Gasteiger partial charge in [-0.1, -0.05) is 11.6 Å². The first-order chi connectivity index (χ1) is 10.3. The minimum atomic E-state index is -3.75. The van der Waals surface area contributed by atoms with Crippen molar-refractivity contribution >= 4 is 33.0 Å². The van der Waals surface area contributed by atoms with Crippen molar-refractivity contribution in [2.24, 2.45) is 0 Å². The van der Waals surface area contributed by atoms with Gasteiger partial charge in [-0.2, -0.15) is 0 Å². The lowest BCUT2D eigenvalue weighted by Gasteiger charge is -2.13. The minimum absolute atomic E-state index is 0.0217. The van der Waals surface area contributed by atoms with Gasteiger partial charge in [-0.15, -0.1) is 11.3 Å². The number of ether oxygens (including phenoxy) is 1. The molecule has 2 aromatic rings. The average Bonchev–Trinajstić information content (AvgIpc) is 2.91. The zero-order valence-corrected chi connectivity index (χ0v) is 14.4. The molecule has 1 heterocycles. The van der Waals surface area contributed by atoms with Crippen molar-refractivity contribution in [1.29, 1.82) is 0 Å². The second-order valence-electron chi connectivity index (χ2n) is 4.63. The molecule has 5 nitrogen and oxygen atoms in total. The van der Waals surface area contributed by atoms with Gasteiger partial charge in [-0.05, 0) is 42.1 Å². The van der Waals surface area contributed by atoms with Crippen LogP contribution in [0.15, 0.2) is 34.5 Å². The summed E-state index contributed by atoms with van der Waals surface area (Å²) >= 11 is 7.32. The van der Waals surface area contributed by atoms with Gasteiger partial charge in [0.25, 0.3) is 0 Å². The highest BCUT2D eigenvalue weighted by molar-refractivity contribution is 7.89. The van der Waals surface area contributed by atoms with Crippen molar-refractivity contribution in [2.75, 3.05) is 13.7 Å². The molecule has 2 rings (SSSR count). The average molecular weight is 362 g/mol. The Balaban J connectivity index is 2.11. The van der Waals surface area contributed by atoms with E-state index < -0.39 is 16.1 Å². The standard InChI is InChI=1S/C14H16ClNO4S2/c1-9-5-6-21-14(9)12(17)8-16-22(18,19)10-3-4-13(20-2)11(15)7-10/h3-7,12,16-17H,8H2,1-2H3. The van der Waals surface area contributed by atoms with E-state index in [9.17, 15) is 13.5 Å². The second kappa shape index (κ2) is 6.97. The summed E-state index contributed by atoms with van der Waals surface area (Å²) in [4.78, 5) is 0.767. The first-order valence-electron chi connectivity index (χ1n) is 6.40. The maximum absolute atomic E-state index is 12.2. The first-order valence-corrected chi connectivity index (χ1v) is 9.14. The van der Waals surface area contributed by atoms with E-state index in [-0.39, 0.29) is 16.5 Å². The quantitative estimate of drug-likeness (QED) is 0.829. The molecule has 1 aromatic carbocycles. The Kier molecular flexibility index (Phi) is 5.46. The molecule has 2 N–H and O–H groups in total. The Morgan fingerprint density at radius 2 is 2.14 bits per heavy atom. The highest BCUT2D eigenvalue weighted by atomic mass is 35.5. The lowest BCUT2D eigenvalue weighted by atomic mass is 10.2. The van der Waals surface area contributed by atoms with Crippen LogP contribution in [0.1, 0.15) is 16.5 Å². The number of aliphatic hydroxyl groups excluding tert-OH is 1. The Bertz CT molecular complexity index is 758. The predicted molar refractivity (Wildman–Crippen MR) is 87.2 cm³/mol. The largest absolute Gasteiger partial charge is 0.495 e. The van der Waals surface area contributed by atoms with E-state index >= 15 is 0 Å². The van der Waals surface area contributed by atoms with E-state index in [0.29, 0.717) is 5.75 Å². The van der Waals surface area contributed by atoms with Crippen LogP contribution >= 0.6 is 22.9 Å². The number of thiophene rings is 1. The molecule has 0 amide bonds. The molecule has 0 saturated heterocycles. The number of halogens is 1. The number of aryl methyl sites for hydroxylation is 1. The molecule has 22 heavy (non-hydrogen) atoms.